The van der Waals surface area contributed by atoms with Crippen LogP contribution in [0.1, 0.15) is 38.8 Å². The van der Waals surface area contributed by atoms with E-state index in [2.05, 4.69) is 16.4 Å². The van der Waals surface area contributed by atoms with Crippen LogP contribution >= 0.6 is 0 Å². The molecule has 2 amide bonds. The standard InChI is InChI=1S/C23H21N3O2/c1-16-12-18-7-2-3-10-21(18)26(16)23(28)20-9-4-8-19(13-20)22(27)25-15-17-6-5-11-24-14-17/h2-11,13-14,16H,12,15H2,1H3,(H,25,27). The van der Waals surface area contributed by atoms with Gasteiger partial charge in [0.2, 0.25) is 0 Å². The molecule has 0 fully saturated rings. The van der Waals surface area contributed by atoms with Crippen LogP contribution in [-0.2, 0) is 13.0 Å². The van der Waals surface area contributed by atoms with Crippen molar-refractivity contribution >= 4 is 17.5 Å². The Morgan fingerprint density at radius 3 is 2.71 bits per heavy atom. The number of aromatic nitrogens is 1. The van der Waals surface area contributed by atoms with E-state index < -0.39 is 0 Å². The average Bonchev–Trinajstić information content (AvgIpc) is 3.08. The summed E-state index contributed by atoms with van der Waals surface area (Å²) in [5.74, 6) is -0.298. The Morgan fingerprint density at radius 2 is 1.89 bits per heavy atom. The average molecular weight is 371 g/mol. The van der Waals surface area contributed by atoms with E-state index in [1.54, 1.807) is 36.7 Å². The van der Waals surface area contributed by atoms with E-state index in [4.69, 9.17) is 0 Å². The molecule has 0 saturated heterocycles. The lowest BCUT2D eigenvalue weighted by Gasteiger charge is -2.23. The molecule has 0 radical (unpaired) electrons. The number of amides is 2. The highest BCUT2D eigenvalue weighted by Crippen LogP contribution is 2.33. The van der Waals surface area contributed by atoms with Gasteiger partial charge in [0.25, 0.3) is 11.8 Å². The van der Waals surface area contributed by atoms with Crippen LogP contribution in [0.15, 0.2) is 73.1 Å². The van der Waals surface area contributed by atoms with Crippen molar-refractivity contribution in [3.63, 3.8) is 0 Å². The first kappa shape index (κ1) is 17.9. The summed E-state index contributed by atoms with van der Waals surface area (Å²) in [5.41, 5.74) is 4.03. The minimum absolute atomic E-state index is 0.0839. The van der Waals surface area contributed by atoms with Gasteiger partial charge < -0.3 is 10.2 Å². The van der Waals surface area contributed by atoms with E-state index in [0.29, 0.717) is 17.7 Å². The number of fused-ring (bicyclic) bond motifs is 1. The SMILES string of the molecule is CC1Cc2ccccc2N1C(=O)c1cccc(C(=O)NCc2cccnc2)c1. The predicted octanol–water partition coefficient (Wildman–Crippen LogP) is 3.60. The van der Waals surface area contributed by atoms with Gasteiger partial charge in [-0.15, -0.1) is 0 Å². The minimum atomic E-state index is -0.214. The summed E-state index contributed by atoms with van der Waals surface area (Å²) in [7, 11) is 0. The molecule has 28 heavy (non-hydrogen) atoms. The zero-order valence-corrected chi connectivity index (χ0v) is 15.6. The largest absolute Gasteiger partial charge is 0.348 e. The van der Waals surface area contributed by atoms with E-state index in [0.717, 1.165) is 17.7 Å². The second-order valence-electron chi connectivity index (χ2n) is 6.98. The molecular weight excluding hydrogens is 350 g/mol. The number of hydrogen-bond acceptors (Lipinski definition) is 3. The molecule has 1 unspecified atom stereocenters. The number of pyridine rings is 1. The van der Waals surface area contributed by atoms with E-state index in [1.165, 1.54) is 5.56 Å². The number of nitrogens with zero attached hydrogens (tertiary/aromatic N) is 2. The van der Waals surface area contributed by atoms with Crippen molar-refractivity contribution in [2.24, 2.45) is 0 Å². The molecule has 1 N–H and O–H groups in total. The minimum Gasteiger partial charge on any atom is -0.348 e. The maximum atomic E-state index is 13.2. The molecule has 140 valence electrons. The molecule has 0 spiro atoms. The third-order valence-electron chi connectivity index (χ3n) is 4.97. The van der Waals surface area contributed by atoms with Crippen LogP contribution in [0.4, 0.5) is 5.69 Å². The zero-order valence-electron chi connectivity index (χ0n) is 15.6. The fourth-order valence-corrected chi connectivity index (χ4v) is 3.59. The van der Waals surface area contributed by atoms with Gasteiger partial charge in [0.1, 0.15) is 0 Å². The summed E-state index contributed by atoms with van der Waals surface area (Å²) in [4.78, 5) is 31.5. The molecular formula is C23H21N3O2. The molecule has 1 aliphatic heterocycles. The lowest BCUT2D eigenvalue weighted by atomic mass is 10.1. The van der Waals surface area contributed by atoms with Crippen molar-refractivity contribution in [3.05, 3.63) is 95.3 Å². The molecule has 1 aliphatic rings. The lowest BCUT2D eigenvalue weighted by Crippen LogP contribution is -2.35. The molecule has 5 heteroatoms. The Bertz CT molecular complexity index is 1020. The van der Waals surface area contributed by atoms with Crippen molar-refractivity contribution < 1.29 is 9.59 Å². The Hall–Kier alpha value is -3.47. The van der Waals surface area contributed by atoms with Gasteiger partial charge in [0.05, 0.1) is 0 Å². The quantitative estimate of drug-likeness (QED) is 0.762. The molecule has 1 atom stereocenters. The van der Waals surface area contributed by atoms with Gasteiger partial charge in [-0.1, -0.05) is 30.3 Å². The molecule has 0 bridgehead atoms. The molecule has 4 rings (SSSR count). The van der Waals surface area contributed by atoms with Crippen molar-refractivity contribution in [1.29, 1.82) is 0 Å². The molecule has 2 heterocycles. The third kappa shape index (κ3) is 3.51. The summed E-state index contributed by atoms with van der Waals surface area (Å²) >= 11 is 0. The van der Waals surface area contributed by atoms with Crippen LogP contribution < -0.4 is 10.2 Å². The van der Waals surface area contributed by atoms with Gasteiger partial charge in [0, 0.05) is 41.8 Å². The van der Waals surface area contributed by atoms with Crippen molar-refractivity contribution in [3.8, 4) is 0 Å². The van der Waals surface area contributed by atoms with Gasteiger partial charge in [-0.05, 0) is 54.8 Å². The second-order valence-corrected chi connectivity index (χ2v) is 6.98. The first-order chi connectivity index (χ1) is 13.6. The van der Waals surface area contributed by atoms with Gasteiger partial charge in [-0.2, -0.15) is 0 Å². The van der Waals surface area contributed by atoms with Crippen LogP contribution in [0.5, 0.6) is 0 Å². The summed E-state index contributed by atoms with van der Waals surface area (Å²) < 4.78 is 0. The van der Waals surface area contributed by atoms with Crippen LogP contribution in [0.25, 0.3) is 0 Å². The summed E-state index contributed by atoms with van der Waals surface area (Å²) in [6, 6.07) is 18.7. The molecule has 0 saturated carbocycles. The number of benzene rings is 2. The Labute approximate surface area is 164 Å². The number of rotatable bonds is 4. The molecule has 2 aromatic carbocycles. The van der Waals surface area contributed by atoms with E-state index in [-0.39, 0.29) is 17.9 Å². The Kier molecular flexibility index (Phi) is 4.89. The van der Waals surface area contributed by atoms with Crippen LogP contribution in [0.2, 0.25) is 0 Å². The summed E-state index contributed by atoms with van der Waals surface area (Å²) in [6.45, 7) is 2.43. The van der Waals surface area contributed by atoms with Crippen LogP contribution in [0.3, 0.4) is 0 Å². The first-order valence-electron chi connectivity index (χ1n) is 9.32. The monoisotopic (exact) mass is 371 g/mol. The van der Waals surface area contributed by atoms with Crippen LogP contribution in [0, 0.1) is 0 Å². The fourth-order valence-electron chi connectivity index (χ4n) is 3.59. The summed E-state index contributed by atoms with van der Waals surface area (Å²) in [5, 5.41) is 2.87. The number of nitrogens with one attached hydrogen (secondary N) is 1. The fraction of sp³-hybridized carbons (Fsp3) is 0.174. The van der Waals surface area contributed by atoms with E-state index in [9.17, 15) is 9.59 Å². The highest BCUT2D eigenvalue weighted by Gasteiger charge is 2.31. The number of para-hydroxylation sites is 1. The summed E-state index contributed by atoms with van der Waals surface area (Å²) in [6.07, 6.45) is 4.25. The van der Waals surface area contributed by atoms with Gasteiger partial charge in [-0.25, -0.2) is 0 Å². The zero-order chi connectivity index (χ0) is 19.5. The normalized spacial score (nSPS) is 15.2. The maximum Gasteiger partial charge on any atom is 0.258 e. The topological polar surface area (TPSA) is 62.3 Å². The third-order valence-corrected chi connectivity index (χ3v) is 4.97. The second kappa shape index (κ2) is 7.64. The Morgan fingerprint density at radius 1 is 1.07 bits per heavy atom. The van der Waals surface area contributed by atoms with E-state index >= 15 is 0 Å². The molecule has 1 aromatic heterocycles. The van der Waals surface area contributed by atoms with Crippen molar-refractivity contribution in [2.45, 2.75) is 25.9 Å². The van der Waals surface area contributed by atoms with Crippen molar-refractivity contribution in [1.82, 2.24) is 10.3 Å². The number of carbonyl (C=O) groups is 2. The number of carbonyl (C=O) groups excluding carboxylic acids is 2. The smallest absolute Gasteiger partial charge is 0.258 e. The predicted molar refractivity (Wildman–Crippen MR) is 108 cm³/mol. The lowest BCUT2D eigenvalue weighted by molar-refractivity contribution is 0.0951. The highest BCUT2D eigenvalue weighted by atomic mass is 16.2. The number of anilines is 1. The number of hydrogen-bond donors (Lipinski definition) is 1. The van der Waals surface area contributed by atoms with Crippen LogP contribution in [-0.4, -0.2) is 22.8 Å². The van der Waals surface area contributed by atoms with Crippen molar-refractivity contribution in [2.75, 3.05) is 4.90 Å². The molecule has 0 aliphatic carbocycles. The Balaban J connectivity index is 1.52. The first-order valence-corrected chi connectivity index (χ1v) is 9.32. The molecule has 3 aromatic rings. The molecule has 5 nitrogen and oxygen atoms in total. The highest BCUT2D eigenvalue weighted by molar-refractivity contribution is 6.09. The van der Waals surface area contributed by atoms with Gasteiger partial charge in [-0.3, -0.25) is 14.6 Å². The van der Waals surface area contributed by atoms with Gasteiger partial charge >= 0.3 is 0 Å². The van der Waals surface area contributed by atoms with E-state index in [1.807, 2.05) is 42.2 Å². The van der Waals surface area contributed by atoms with Gasteiger partial charge in [0.15, 0.2) is 0 Å². The maximum absolute atomic E-state index is 13.2.